The van der Waals surface area contributed by atoms with Crippen molar-refractivity contribution in [3.63, 3.8) is 0 Å². The summed E-state index contributed by atoms with van der Waals surface area (Å²) in [5.74, 6) is -0.461. The molecule has 0 saturated heterocycles. The molecule has 2 aromatic carbocycles. The highest BCUT2D eigenvalue weighted by Crippen LogP contribution is 2.09. The van der Waals surface area contributed by atoms with Gasteiger partial charge in [0.15, 0.2) is 5.96 Å². The second kappa shape index (κ2) is 9.64. The first kappa shape index (κ1) is 19.5. The molecule has 0 radical (unpaired) electrons. The molecule has 0 unspecified atom stereocenters. The molecular weight excluding hydrogens is 360 g/mol. The van der Waals surface area contributed by atoms with Gasteiger partial charge in [-0.25, -0.2) is 13.5 Å². The van der Waals surface area contributed by atoms with E-state index in [-0.39, 0.29) is 0 Å². The zero-order chi connectivity index (χ0) is 19.8. The van der Waals surface area contributed by atoms with Crippen molar-refractivity contribution in [1.82, 2.24) is 20.4 Å². The fraction of sp³-hybridized carbons (Fsp3) is 0.238. The molecule has 0 spiro atoms. The van der Waals surface area contributed by atoms with Crippen LogP contribution in [0.2, 0.25) is 0 Å². The van der Waals surface area contributed by atoms with Gasteiger partial charge < -0.3 is 10.6 Å². The first-order valence-electron chi connectivity index (χ1n) is 9.12. The molecule has 2 N–H and O–H groups in total. The molecular formula is C21H23F2N5. The predicted molar refractivity (Wildman–Crippen MR) is 107 cm³/mol. The third-order valence-corrected chi connectivity index (χ3v) is 4.26. The van der Waals surface area contributed by atoms with E-state index in [1.165, 1.54) is 17.7 Å². The summed E-state index contributed by atoms with van der Waals surface area (Å²) in [7, 11) is 1.69. The third kappa shape index (κ3) is 5.64. The predicted octanol–water partition coefficient (Wildman–Crippen LogP) is 3.10. The molecule has 0 amide bonds. The summed E-state index contributed by atoms with van der Waals surface area (Å²) in [5.41, 5.74) is 2.83. The number of aliphatic imine (C=N–C) groups is 1. The zero-order valence-electron chi connectivity index (χ0n) is 15.7. The second-order valence-electron chi connectivity index (χ2n) is 6.32. The molecule has 0 atom stereocenters. The number of aromatic nitrogens is 2. The highest BCUT2D eigenvalue weighted by atomic mass is 19.1. The number of nitrogens with zero attached hydrogens (tertiary/aromatic N) is 3. The summed E-state index contributed by atoms with van der Waals surface area (Å²) in [5, 5.41) is 10.6. The largest absolute Gasteiger partial charge is 0.356 e. The van der Waals surface area contributed by atoms with Gasteiger partial charge in [-0.3, -0.25) is 4.99 Å². The molecule has 0 aliphatic carbocycles. The molecule has 3 rings (SSSR count). The zero-order valence-corrected chi connectivity index (χ0v) is 15.7. The number of hydrogen-bond donors (Lipinski definition) is 2. The molecule has 0 aliphatic rings. The van der Waals surface area contributed by atoms with Gasteiger partial charge in [-0.2, -0.15) is 5.10 Å². The minimum absolute atomic E-state index is 0.504. The molecule has 0 fully saturated rings. The average Bonchev–Trinajstić information content (AvgIpc) is 3.21. The number of rotatable bonds is 7. The highest BCUT2D eigenvalue weighted by Gasteiger charge is 2.03. The van der Waals surface area contributed by atoms with Crippen molar-refractivity contribution in [3.8, 4) is 5.69 Å². The van der Waals surface area contributed by atoms with Crippen LogP contribution in [0.5, 0.6) is 0 Å². The van der Waals surface area contributed by atoms with Gasteiger partial charge >= 0.3 is 0 Å². The van der Waals surface area contributed by atoms with Crippen LogP contribution < -0.4 is 10.6 Å². The molecule has 0 aliphatic heterocycles. The van der Waals surface area contributed by atoms with Crippen molar-refractivity contribution in [2.24, 2.45) is 4.99 Å². The maximum absolute atomic E-state index is 13.2. The lowest BCUT2D eigenvalue weighted by Crippen LogP contribution is -2.39. The van der Waals surface area contributed by atoms with Crippen LogP contribution in [0.3, 0.4) is 0 Å². The van der Waals surface area contributed by atoms with Gasteiger partial charge in [0.05, 0.1) is 5.69 Å². The smallest absolute Gasteiger partial charge is 0.190 e. The Labute approximate surface area is 163 Å². The van der Waals surface area contributed by atoms with Crippen molar-refractivity contribution in [3.05, 3.63) is 83.7 Å². The summed E-state index contributed by atoms with van der Waals surface area (Å²) in [6, 6.07) is 13.7. The van der Waals surface area contributed by atoms with Crippen molar-refractivity contribution in [2.45, 2.75) is 12.8 Å². The van der Waals surface area contributed by atoms with Crippen LogP contribution in [-0.2, 0) is 12.8 Å². The SMILES string of the molecule is CN=C(NCCc1ccc(-n2cccn2)cc1)NCCc1cc(F)cc(F)c1. The van der Waals surface area contributed by atoms with E-state index in [0.29, 0.717) is 24.5 Å². The van der Waals surface area contributed by atoms with E-state index < -0.39 is 11.6 Å². The minimum atomic E-state index is -0.559. The number of halogens is 2. The van der Waals surface area contributed by atoms with Gasteiger partial charge in [-0.1, -0.05) is 12.1 Å². The minimum Gasteiger partial charge on any atom is -0.356 e. The van der Waals surface area contributed by atoms with Gasteiger partial charge in [0, 0.05) is 38.6 Å². The molecule has 1 aromatic heterocycles. The van der Waals surface area contributed by atoms with Gasteiger partial charge in [0.2, 0.25) is 0 Å². The van der Waals surface area contributed by atoms with Crippen molar-refractivity contribution >= 4 is 5.96 Å². The van der Waals surface area contributed by atoms with Gasteiger partial charge in [0.25, 0.3) is 0 Å². The Bertz CT molecular complexity index is 885. The van der Waals surface area contributed by atoms with Crippen LogP contribution >= 0.6 is 0 Å². The fourth-order valence-corrected chi connectivity index (χ4v) is 2.86. The van der Waals surface area contributed by atoms with Crippen LogP contribution in [0.25, 0.3) is 5.69 Å². The Hall–Kier alpha value is -3.22. The van der Waals surface area contributed by atoms with Gasteiger partial charge in [-0.15, -0.1) is 0 Å². The Morgan fingerprint density at radius 3 is 2.18 bits per heavy atom. The average molecular weight is 383 g/mol. The normalized spacial score (nSPS) is 11.5. The Morgan fingerprint density at radius 1 is 0.964 bits per heavy atom. The van der Waals surface area contributed by atoms with E-state index in [1.54, 1.807) is 13.2 Å². The first-order valence-corrected chi connectivity index (χ1v) is 9.12. The van der Waals surface area contributed by atoms with E-state index in [0.717, 1.165) is 24.7 Å². The summed E-state index contributed by atoms with van der Waals surface area (Å²) < 4.78 is 28.2. The summed E-state index contributed by atoms with van der Waals surface area (Å²) >= 11 is 0. The van der Waals surface area contributed by atoms with E-state index in [4.69, 9.17) is 0 Å². The molecule has 146 valence electrons. The maximum atomic E-state index is 13.2. The molecule has 3 aromatic rings. The molecule has 0 saturated carbocycles. The molecule has 28 heavy (non-hydrogen) atoms. The number of hydrogen-bond acceptors (Lipinski definition) is 2. The topological polar surface area (TPSA) is 54.2 Å². The summed E-state index contributed by atoms with van der Waals surface area (Å²) in [6.45, 7) is 1.25. The van der Waals surface area contributed by atoms with Crippen LogP contribution in [0, 0.1) is 11.6 Å². The van der Waals surface area contributed by atoms with E-state index in [2.05, 4.69) is 32.9 Å². The molecule has 0 bridgehead atoms. The highest BCUT2D eigenvalue weighted by molar-refractivity contribution is 5.79. The summed E-state index contributed by atoms with van der Waals surface area (Å²) in [6.07, 6.45) is 5.01. The van der Waals surface area contributed by atoms with Crippen molar-refractivity contribution in [1.29, 1.82) is 0 Å². The van der Waals surface area contributed by atoms with Gasteiger partial charge in [0.1, 0.15) is 11.6 Å². The standard InChI is InChI=1S/C21H23F2N5/c1-24-21(26-11-8-17-13-18(22)15-19(23)14-17)25-10-7-16-3-5-20(6-4-16)28-12-2-9-27-28/h2-6,9,12-15H,7-8,10-11H2,1H3,(H2,24,25,26). The summed E-state index contributed by atoms with van der Waals surface area (Å²) in [4.78, 5) is 4.17. The quantitative estimate of drug-likeness (QED) is 0.487. The lowest BCUT2D eigenvalue weighted by atomic mass is 10.1. The number of guanidine groups is 1. The van der Waals surface area contributed by atoms with E-state index in [9.17, 15) is 8.78 Å². The Morgan fingerprint density at radius 2 is 1.61 bits per heavy atom. The van der Waals surface area contributed by atoms with E-state index >= 15 is 0 Å². The molecule has 7 heteroatoms. The van der Waals surface area contributed by atoms with Crippen LogP contribution in [-0.4, -0.2) is 35.9 Å². The van der Waals surface area contributed by atoms with Crippen molar-refractivity contribution in [2.75, 3.05) is 20.1 Å². The lowest BCUT2D eigenvalue weighted by Gasteiger charge is -2.12. The Balaban J connectivity index is 1.41. The monoisotopic (exact) mass is 383 g/mol. The third-order valence-electron chi connectivity index (χ3n) is 4.26. The fourth-order valence-electron chi connectivity index (χ4n) is 2.86. The van der Waals surface area contributed by atoms with Crippen molar-refractivity contribution < 1.29 is 8.78 Å². The second-order valence-corrected chi connectivity index (χ2v) is 6.32. The van der Waals surface area contributed by atoms with Gasteiger partial charge in [-0.05, 0) is 54.3 Å². The first-order chi connectivity index (χ1) is 13.6. The Kier molecular flexibility index (Phi) is 6.73. The maximum Gasteiger partial charge on any atom is 0.190 e. The lowest BCUT2D eigenvalue weighted by molar-refractivity contribution is 0.579. The number of nitrogens with one attached hydrogen (secondary N) is 2. The van der Waals surface area contributed by atoms with Crippen LogP contribution in [0.15, 0.2) is 65.9 Å². The van der Waals surface area contributed by atoms with Crippen LogP contribution in [0.4, 0.5) is 8.78 Å². The number of benzene rings is 2. The van der Waals surface area contributed by atoms with Crippen LogP contribution in [0.1, 0.15) is 11.1 Å². The van der Waals surface area contributed by atoms with E-state index in [1.807, 2.05) is 29.1 Å². The molecule has 1 heterocycles. The molecule has 5 nitrogen and oxygen atoms in total.